The number of hydrogen-bond acceptors (Lipinski definition) is 3. The first-order valence-corrected chi connectivity index (χ1v) is 4.50. The zero-order valence-electron chi connectivity index (χ0n) is 4.37. The Morgan fingerprint density at radius 3 is 2.44 bits per heavy atom. The van der Waals surface area contributed by atoms with Crippen LogP contribution in [0.4, 0.5) is 0 Å². The Morgan fingerprint density at radius 1 is 1.56 bits per heavy atom. The first-order chi connectivity index (χ1) is 4.11. The molecule has 0 saturated heterocycles. The molecule has 3 nitrogen and oxygen atoms in total. The van der Waals surface area contributed by atoms with Crippen LogP contribution in [-0.4, -0.2) is 8.42 Å². The molecule has 0 radical (unpaired) electrons. The highest BCUT2D eigenvalue weighted by Crippen LogP contribution is 2.16. The summed E-state index contributed by atoms with van der Waals surface area (Å²) in [4.78, 5) is 0. The molecule has 0 bridgehead atoms. The van der Waals surface area contributed by atoms with Gasteiger partial charge in [0.2, 0.25) is 0 Å². The van der Waals surface area contributed by atoms with Gasteiger partial charge in [-0.2, -0.15) is 0 Å². The molecule has 0 aliphatic heterocycles. The predicted octanol–water partition coefficient (Wildman–Crippen LogP) is 1.49. The standard InChI is InChI=1S/C4H4NO2S2/c5-9(6,7)4-2-1-3-8-4/h1-3H,(H-,5,6,7)/q-1. The van der Waals surface area contributed by atoms with Crippen LogP contribution in [0.15, 0.2) is 21.7 Å². The summed E-state index contributed by atoms with van der Waals surface area (Å²) < 4.78 is 20.8. The van der Waals surface area contributed by atoms with E-state index < -0.39 is 10.0 Å². The number of thiophene rings is 1. The van der Waals surface area contributed by atoms with Gasteiger partial charge in [0.05, 0.1) is 0 Å². The maximum absolute atomic E-state index is 10.4. The molecule has 9 heavy (non-hydrogen) atoms. The van der Waals surface area contributed by atoms with Crippen molar-refractivity contribution in [2.24, 2.45) is 0 Å². The van der Waals surface area contributed by atoms with E-state index in [0.29, 0.717) is 0 Å². The second-order valence-electron chi connectivity index (χ2n) is 1.44. The van der Waals surface area contributed by atoms with Crippen molar-refractivity contribution < 1.29 is 8.42 Å². The van der Waals surface area contributed by atoms with Crippen molar-refractivity contribution in [1.82, 2.24) is 0 Å². The van der Waals surface area contributed by atoms with Gasteiger partial charge in [-0.1, -0.05) is 6.07 Å². The third kappa shape index (κ3) is 1.51. The Morgan fingerprint density at radius 2 is 2.22 bits per heavy atom. The van der Waals surface area contributed by atoms with Gasteiger partial charge >= 0.3 is 0 Å². The summed E-state index contributed by atoms with van der Waals surface area (Å²) in [6, 6.07) is 3.01. The van der Waals surface area contributed by atoms with E-state index in [9.17, 15) is 8.42 Å². The Bertz CT molecular complexity index is 274. The third-order valence-electron chi connectivity index (χ3n) is 0.760. The molecule has 1 rings (SSSR count). The average Bonchev–Trinajstić information content (AvgIpc) is 2.08. The summed E-state index contributed by atoms with van der Waals surface area (Å²) >= 11 is 1.05. The third-order valence-corrected chi connectivity index (χ3v) is 3.03. The molecule has 0 fully saturated rings. The van der Waals surface area contributed by atoms with Crippen molar-refractivity contribution in [2.75, 3.05) is 0 Å². The molecular formula is C4H4NO2S2-. The number of hydrogen-bond donors (Lipinski definition) is 0. The zero-order chi connectivity index (χ0) is 6.91. The van der Waals surface area contributed by atoms with Gasteiger partial charge in [0, 0.05) is 0 Å². The average molecular weight is 162 g/mol. The highest BCUT2D eigenvalue weighted by atomic mass is 32.2. The molecule has 0 amide bonds. The molecule has 0 unspecified atom stereocenters. The molecule has 5 heteroatoms. The summed E-state index contributed by atoms with van der Waals surface area (Å²) in [6.07, 6.45) is 0. The summed E-state index contributed by atoms with van der Waals surface area (Å²) in [5.41, 5.74) is 0. The first kappa shape index (κ1) is 6.73. The van der Waals surface area contributed by atoms with Crippen LogP contribution in [0.5, 0.6) is 0 Å². The van der Waals surface area contributed by atoms with Crippen LogP contribution in [0.2, 0.25) is 0 Å². The van der Waals surface area contributed by atoms with Crippen LogP contribution < -0.4 is 0 Å². The Kier molecular flexibility index (Phi) is 1.56. The summed E-state index contributed by atoms with van der Waals surface area (Å²) in [7, 11) is -3.69. The fourth-order valence-corrected chi connectivity index (χ4v) is 1.80. The smallest absolute Gasteiger partial charge is 0.108 e. The van der Waals surface area contributed by atoms with Crippen LogP contribution in [0.25, 0.3) is 5.14 Å². The maximum Gasteiger partial charge on any atom is 0.108 e. The first-order valence-electron chi connectivity index (χ1n) is 2.14. The van der Waals surface area contributed by atoms with Gasteiger partial charge in [0.1, 0.15) is 14.2 Å². The maximum atomic E-state index is 10.4. The van der Waals surface area contributed by atoms with E-state index in [2.05, 4.69) is 0 Å². The second kappa shape index (κ2) is 2.09. The van der Waals surface area contributed by atoms with E-state index in [4.69, 9.17) is 5.14 Å². The SMILES string of the molecule is [NH-]S(=O)(=O)c1cccs1. The summed E-state index contributed by atoms with van der Waals surface area (Å²) in [5.74, 6) is 0. The molecule has 0 aromatic carbocycles. The van der Waals surface area contributed by atoms with Gasteiger partial charge in [0.25, 0.3) is 0 Å². The fraction of sp³-hybridized carbons (Fsp3) is 0. The highest BCUT2D eigenvalue weighted by Gasteiger charge is 1.98. The molecule has 0 aliphatic carbocycles. The largest absolute Gasteiger partial charge is 0.559 e. The van der Waals surface area contributed by atoms with Crippen LogP contribution in [-0.2, 0) is 10.0 Å². The lowest BCUT2D eigenvalue weighted by atomic mass is 10.7. The quantitative estimate of drug-likeness (QED) is 0.628. The minimum atomic E-state index is -3.69. The van der Waals surface area contributed by atoms with Crippen LogP contribution in [0.1, 0.15) is 0 Å². The van der Waals surface area contributed by atoms with E-state index >= 15 is 0 Å². The second-order valence-corrected chi connectivity index (χ2v) is 4.09. The van der Waals surface area contributed by atoms with Crippen molar-refractivity contribution in [3.63, 3.8) is 0 Å². The van der Waals surface area contributed by atoms with E-state index in [0.717, 1.165) is 11.3 Å². The van der Waals surface area contributed by atoms with Gasteiger partial charge < -0.3 is 5.14 Å². The van der Waals surface area contributed by atoms with Crippen molar-refractivity contribution in [3.05, 3.63) is 22.7 Å². The van der Waals surface area contributed by atoms with Crippen LogP contribution >= 0.6 is 11.3 Å². The Balaban J connectivity index is 3.20. The minimum Gasteiger partial charge on any atom is -0.559 e. The van der Waals surface area contributed by atoms with E-state index in [1.807, 2.05) is 0 Å². The van der Waals surface area contributed by atoms with E-state index in [1.165, 1.54) is 6.07 Å². The Labute approximate surface area is 57.2 Å². The Hall–Kier alpha value is -0.390. The van der Waals surface area contributed by atoms with Gasteiger partial charge in [-0.05, 0) is 11.4 Å². The predicted molar refractivity (Wildman–Crippen MR) is 35.8 cm³/mol. The van der Waals surface area contributed by atoms with Gasteiger partial charge in [-0.3, -0.25) is 0 Å². The van der Waals surface area contributed by atoms with Gasteiger partial charge in [0.15, 0.2) is 0 Å². The van der Waals surface area contributed by atoms with Gasteiger partial charge in [-0.25, -0.2) is 8.42 Å². The molecule has 1 N–H and O–H groups in total. The monoisotopic (exact) mass is 162 g/mol. The van der Waals surface area contributed by atoms with Crippen molar-refractivity contribution in [2.45, 2.75) is 4.21 Å². The lowest BCUT2D eigenvalue weighted by Gasteiger charge is -1.97. The summed E-state index contributed by atoms with van der Waals surface area (Å²) in [6.45, 7) is 0. The highest BCUT2D eigenvalue weighted by molar-refractivity contribution is 7.95. The van der Waals surface area contributed by atoms with Crippen LogP contribution in [0, 0.1) is 0 Å². The lowest BCUT2D eigenvalue weighted by Crippen LogP contribution is -1.85. The molecule has 50 valence electrons. The van der Waals surface area contributed by atoms with Crippen molar-refractivity contribution in [3.8, 4) is 0 Å². The molecule has 0 saturated carbocycles. The normalized spacial score (nSPS) is 11.7. The number of sulfonamides is 1. The van der Waals surface area contributed by atoms with Crippen molar-refractivity contribution >= 4 is 21.4 Å². The van der Waals surface area contributed by atoms with E-state index in [-0.39, 0.29) is 4.21 Å². The van der Waals surface area contributed by atoms with Crippen molar-refractivity contribution in [1.29, 1.82) is 0 Å². The topological polar surface area (TPSA) is 57.9 Å². The molecule has 1 heterocycles. The lowest BCUT2D eigenvalue weighted by molar-refractivity contribution is 0.606. The number of nitrogens with one attached hydrogen (secondary N) is 1. The van der Waals surface area contributed by atoms with E-state index in [1.54, 1.807) is 11.4 Å². The molecule has 1 aromatic rings. The summed E-state index contributed by atoms with van der Waals surface area (Å²) in [5, 5.41) is 8.20. The molecule has 0 spiro atoms. The molecular weight excluding hydrogens is 158 g/mol. The molecule has 0 atom stereocenters. The molecule has 0 aliphatic rings. The molecule has 1 aromatic heterocycles. The van der Waals surface area contributed by atoms with Crippen LogP contribution in [0.3, 0.4) is 0 Å². The minimum absolute atomic E-state index is 0.0995. The zero-order valence-corrected chi connectivity index (χ0v) is 6.00. The number of rotatable bonds is 1. The van der Waals surface area contributed by atoms with Gasteiger partial charge in [-0.15, -0.1) is 11.3 Å². The fourth-order valence-electron chi connectivity index (χ4n) is 0.416.